The fraction of sp³-hybridized carbons (Fsp3) is 0.368. The summed E-state index contributed by atoms with van der Waals surface area (Å²) in [7, 11) is 0. The molecule has 122 valence electrons. The van der Waals surface area contributed by atoms with Crippen LogP contribution in [0.1, 0.15) is 41.4 Å². The van der Waals surface area contributed by atoms with Crippen LogP contribution >= 0.6 is 0 Å². The third-order valence-electron chi connectivity index (χ3n) is 5.44. The van der Waals surface area contributed by atoms with Crippen LogP contribution in [0, 0.1) is 6.92 Å². The molecule has 4 heterocycles. The molecular formula is C19H20N4O. The Morgan fingerprint density at radius 1 is 1.25 bits per heavy atom. The van der Waals surface area contributed by atoms with Gasteiger partial charge in [-0.3, -0.25) is 4.90 Å². The standard InChI is InChI=1S/C19H20N4O/c1-12-7-19-20-10-16-17-6-5-14(9-18(16)23(19)21-12)22(17)11-13-3-2-4-15(24)8-13/h2-4,7-8,10,14,17,24H,5-6,9,11H2,1H3/t14-,17-/m1/s1. The molecule has 0 aliphatic carbocycles. The lowest BCUT2D eigenvalue weighted by Crippen LogP contribution is -2.38. The zero-order valence-electron chi connectivity index (χ0n) is 13.7. The first-order valence-electron chi connectivity index (χ1n) is 8.57. The molecule has 0 radical (unpaired) electrons. The minimum Gasteiger partial charge on any atom is -0.508 e. The van der Waals surface area contributed by atoms with E-state index >= 15 is 0 Å². The molecule has 0 spiro atoms. The summed E-state index contributed by atoms with van der Waals surface area (Å²) in [6, 6.07) is 10.6. The lowest BCUT2D eigenvalue weighted by molar-refractivity contribution is 0.165. The fourth-order valence-corrected chi connectivity index (χ4v) is 4.41. The van der Waals surface area contributed by atoms with Gasteiger partial charge in [-0.05, 0) is 37.5 Å². The minimum absolute atomic E-state index is 0.340. The van der Waals surface area contributed by atoms with E-state index in [4.69, 9.17) is 0 Å². The molecule has 5 rings (SSSR count). The Kier molecular flexibility index (Phi) is 2.94. The highest BCUT2D eigenvalue weighted by Gasteiger charge is 2.41. The number of phenols is 1. The van der Waals surface area contributed by atoms with Crippen molar-refractivity contribution < 1.29 is 5.11 Å². The van der Waals surface area contributed by atoms with Crippen LogP contribution in [0.4, 0.5) is 0 Å². The maximum Gasteiger partial charge on any atom is 0.155 e. The van der Waals surface area contributed by atoms with E-state index < -0.39 is 0 Å². The van der Waals surface area contributed by atoms with Crippen molar-refractivity contribution in [2.24, 2.45) is 0 Å². The Labute approximate surface area is 140 Å². The lowest BCUT2D eigenvalue weighted by atomic mass is 9.98. The van der Waals surface area contributed by atoms with E-state index in [0.29, 0.717) is 17.8 Å². The predicted octanol–water partition coefficient (Wildman–Crippen LogP) is 3.01. The molecule has 1 aromatic carbocycles. The number of aryl methyl sites for hydroxylation is 1. The van der Waals surface area contributed by atoms with Crippen LogP contribution in [-0.2, 0) is 13.0 Å². The van der Waals surface area contributed by atoms with Gasteiger partial charge in [-0.1, -0.05) is 12.1 Å². The van der Waals surface area contributed by atoms with Gasteiger partial charge in [0.15, 0.2) is 5.65 Å². The van der Waals surface area contributed by atoms with E-state index in [-0.39, 0.29) is 0 Å². The van der Waals surface area contributed by atoms with Crippen molar-refractivity contribution in [3.63, 3.8) is 0 Å². The highest BCUT2D eigenvalue weighted by Crippen LogP contribution is 2.44. The number of aromatic hydroxyl groups is 1. The van der Waals surface area contributed by atoms with Gasteiger partial charge in [-0.15, -0.1) is 0 Å². The van der Waals surface area contributed by atoms with Gasteiger partial charge in [0, 0.05) is 42.9 Å². The Hall–Kier alpha value is -2.40. The second kappa shape index (κ2) is 5.05. The number of nitrogens with zero attached hydrogens (tertiary/aromatic N) is 4. The summed E-state index contributed by atoms with van der Waals surface area (Å²) in [5, 5.41) is 14.4. The maximum atomic E-state index is 9.73. The summed E-state index contributed by atoms with van der Waals surface area (Å²) in [4.78, 5) is 7.19. The molecule has 1 N–H and O–H groups in total. The van der Waals surface area contributed by atoms with Crippen molar-refractivity contribution >= 4 is 5.65 Å². The maximum absolute atomic E-state index is 9.73. The Morgan fingerprint density at radius 3 is 3.04 bits per heavy atom. The third kappa shape index (κ3) is 2.04. The molecule has 2 aliphatic rings. The molecule has 0 unspecified atom stereocenters. The van der Waals surface area contributed by atoms with Crippen molar-refractivity contribution in [3.8, 4) is 5.75 Å². The Bertz CT molecular complexity index is 932. The molecule has 24 heavy (non-hydrogen) atoms. The van der Waals surface area contributed by atoms with E-state index in [1.54, 1.807) is 6.07 Å². The van der Waals surface area contributed by atoms with Crippen molar-refractivity contribution in [3.05, 3.63) is 59.0 Å². The average molecular weight is 320 g/mol. The summed E-state index contributed by atoms with van der Waals surface area (Å²) in [5.74, 6) is 0.340. The molecule has 0 saturated carbocycles. The molecule has 2 atom stereocenters. The van der Waals surface area contributed by atoms with Crippen molar-refractivity contribution in [2.45, 2.75) is 44.8 Å². The molecule has 0 amide bonds. The smallest absolute Gasteiger partial charge is 0.155 e. The van der Waals surface area contributed by atoms with Gasteiger partial charge in [0.1, 0.15) is 5.75 Å². The molecule has 1 fully saturated rings. The number of hydrogen-bond acceptors (Lipinski definition) is 4. The number of hydrogen-bond donors (Lipinski definition) is 1. The van der Waals surface area contributed by atoms with Gasteiger partial charge in [0.05, 0.1) is 11.4 Å². The van der Waals surface area contributed by atoms with Crippen molar-refractivity contribution in [1.29, 1.82) is 0 Å². The van der Waals surface area contributed by atoms with Gasteiger partial charge in [-0.2, -0.15) is 5.10 Å². The summed E-state index contributed by atoms with van der Waals surface area (Å²) in [6.07, 6.45) is 5.45. The molecule has 1 saturated heterocycles. The topological polar surface area (TPSA) is 53.7 Å². The Balaban J connectivity index is 1.54. The normalized spacial score (nSPS) is 22.9. The van der Waals surface area contributed by atoms with Crippen LogP contribution < -0.4 is 0 Å². The van der Waals surface area contributed by atoms with Gasteiger partial charge in [0.2, 0.25) is 0 Å². The van der Waals surface area contributed by atoms with Crippen LogP contribution in [0.3, 0.4) is 0 Å². The average Bonchev–Trinajstić information content (AvgIpc) is 3.06. The highest BCUT2D eigenvalue weighted by molar-refractivity contribution is 5.44. The van der Waals surface area contributed by atoms with Gasteiger partial charge in [0.25, 0.3) is 0 Å². The van der Waals surface area contributed by atoms with Crippen LogP contribution in [0.5, 0.6) is 5.75 Å². The van der Waals surface area contributed by atoms with Gasteiger partial charge in [-0.25, -0.2) is 9.50 Å². The SMILES string of the molecule is Cc1cc2ncc3c(n2n1)C[C@H]1CC[C@H]3N1Cc1cccc(O)c1. The van der Waals surface area contributed by atoms with Crippen LogP contribution in [0.2, 0.25) is 0 Å². The summed E-state index contributed by atoms with van der Waals surface area (Å²) >= 11 is 0. The molecule has 5 nitrogen and oxygen atoms in total. The van der Waals surface area contributed by atoms with E-state index in [1.807, 2.05) is 35.8 Å². The highest BCUT2D eigenvalue weighted by atomic mass is 16.3. The number of aromatic nitrogens is 3. The van der Waals surface area contributed by atoms with Crippen LogP contribution in [-0.4, -0.2) is 30.6 Å². The van der Waals surface area contributed by atoms with Crippen molar-refractivity contribution in [1.82, 2.24) is 19.5 Å². The van der Waals surface area contributed by atoms with Crippen LogP contribution in [0.25, 0.3) is 5.65 Å². The molecule has 2 bridgehead atoms. The summed E-state index contributed by atoms with van der Waals surface area (Å²) in [6.45, 7) is 2.89. The van der Waals surface area contributed by atoms with E-state index in [0.717, 1.165) is 24.3 Å². The number of fused-ring (bicyclic) bond motifs is 6. The lowest BCUT2D eigenvalue weighted by Gasteiger charge is -2.36. The molecule has 2 aromatic heterocycles. The van der Waals surface area contributed by atoms with E-state index in [9.17, 15) is 5.11 Å². The first-order chi connectivity index (χ1) is 11.7. The quantitative estimate of drug-likeness (QED) is 0.788. The Morgan fingerprint density at radius 2 is 2.17 bits per heavy atom. The zero-order valence-corrected chi connectivity index (χ0v) is 13.7. The summed E-state index contributed by atoms with van der Waals surface area (Å²) in [5.41, 5.74) is 5.78. The molecule has 5 heteroatoms. The second-order valence-corrected chi connectivity index (χ2v) is 7.01. The minimum atomic E-state index is 0.340. The van der Waals surface area contributed by atoms with Gasteiger partial charge >= 0.3 is 0 Å². The van der Waals surface area contributed by atoms with Crippen molar-refractivity contribution in [2.75, 3.05) is 0 Å². The number of phenolic OH excluding ortho intramolecular Hbond substituents is 1. The number of rotatable bonds is 2. The predicted molar refractivity (Wildman–Crippen MR) is 90.8 cm³/mol. The van der Waals surface area contributed by atoms with Crippen LogP contribution in [0.15, 0.2) is 36.5 Å². The second-order valence-electron chi connectivity index (χ2n) is 7.01. The monoisotopic (exact) mass is 320 g/mol. The summed E-state index contributed by atoms with van der Waals surface area (Å²) < 4.78 is 2.04. The molecule has 2 aliphatic heterocycles. The fourth-order valence-electron chi connectivity index (χ4n) is 4.41. The first-order valence-corrected chi connectivity index (χ1v) is 8.57. The molecular weight excluding hydrogens is 300 g/mol. The first kappa shape index (κ1) is 14.0. The zero-order chi connectivity index (χ0) is 16.3. The third-order valence-corrected chi connectivity index (χ3v) is 5.44. The largest absolute Gasteiger partial charge is 0.508 e. The molecule has 3 aromatic rings. The van der Waals surface area contributed by atoms with E-state index in [1.165, 1.54) is 29.7 Å². The van der Waals surface area contributed by atoms with Gasteiger partial charge < -0.3 is 5.11 Å². The number of benzene rings is 1. The van der Waals surface area contributed by atoms with E-state index in [2.05, 4.69) is 21.0 Å².